The Bertz CT molecular complexity index is 2280. The molecule has 58 heavy (non-hydrogen) atoms. The predicted molar refractivity (Wildman–Crippen MR) is 222 cm³/mol. The van der Waals surface area contributed by atoms with Gasteiger partial charge in [0.2, 0.25) is 5.91 Å². The smallest absolute Gasteiger partial charge is 0.319 e. The Morgan fingerprint density at radius 1 is 1.07 bits per heavy atom. The second-order valence-corrected chi connectivity index (χ2v) is 16.8. The van der Waals surface area contributed by atoms with E-state index >= 15 is 4.39 Å². The molecule has 5 aromatic rings. The highest BCUT2D eigenvalue weighted by atomic mass is 19.1. The second-order valence-electron chi connectivity index (χ2n) is 16.8. The highest BCUT2D eigenvalue weighted by molar-refractivity contribution is 6.01. The fourth-order valence-corrected chi connectivity index (χ4v) is 9.72. The van der Waals surface area contributed by atoms with Crippen LogP contribution in [-0.2, 0) is 17.6 Å². The number of amides is 1. The number of carbonyl (C=O) groups excluding carboxylic acids is 1. The van der Waals surface area contributed by atoms with E-state index in [2.05, 4.69) is 39.0 Å². The molecule has 7 heterocycles. The lowest BCUT2D eigenvalue weighted by molar-refractivity contribution is -0.131. The van der Waals surface area contributed by atoms with E-state index in [0.717, 1.165) is 106 Å². The summed E-state index contributed by atoms with van der Waals surface area (Å²) >= 11 is 0. The van der Waals surface area contributed by atoms with Crippen LogP contribution in [0.1, 0.15) is 63.7 Å². The van der Waals surface area contributed by atoms with Crippen molar-refractivity contribution in [3.8, 4) is 23.0 Å². The number of piperazine rings is 1. The lowest BCUT2D eigenvalue weighted by atomic mass is 9.95. The van der Waals surface area contributed by atoms with Gasteiger partial charge in [-0.3, -0.25) is 14.7 Å². The zero-order valence-corrected chi connectivity index (χ0v) is 33.8. The average Bonchev–Trinajstić information content (AvgIpc) is 3.97. The number of rotatable bonds is 12. The van der Waals surface area contributed by atoms with Gasteiger partial charge in [0.05, 0.1) is 11.8 Å². The van der Waals surface area contributed by atoms with E-state index in [1.165, 1.54) is 0 Å². The SMILES string of the molecule is CCc1cccc2cc(O)cc(-c3ncc4c(N5CC6CCC(C5)N6)nc(OCCN5CCC(CN(C)c6cc(CC(=O)N7CCCC7C)on6)CC5)nc4c3F)c12. The first kappa shape index (κ1) is 38.4. The van der Waals surface area contributed by atoms with Crippen molar-refractivity contribution in [1.82, 2.24) is 35.2 Å². The number of nitrogens with one attached hydrogen (secondary N) is 1. The number of fused-ring (bicyclic) bond motifs is 4. The maximum absolute atomic E-state index is 17.0. The van der Waals surface area contributed by atoms with Crippen LogP contribution in [0.15, 0.2) is 47.1 Å². The van der Waals surface area contributed by atoms with Crippen molar-refractivity contribution in [3.63, 3.8) is 0 Å². The molecule has 4 aliphatic heterocycles. The highest BCUT2D eigenvalue weighted by Gasteiger charge is 2.34. The van der Waals surface area contributed by atoms with E-state index in [0.29, 0.717) is 53.7 Å². The van der Waals surface area contributed by atoms with Gasteiger partial charge in [0.15, 0.2) is 11.6 Å². The fraction of sp³-hybridized carbons (Fsp3) is 0.523. The van der Waals surface area contributed by atoms with Gasteiger partial charge < -0.3 is 34.4 Å². The van der Waals surface area contributed by atoms with Crippen LogP contribution in [0.2, 0.25) is 0 Å². The summed E-state index contributed by atoms with van der Waals surface area (Å²) in [5.41, 5.74) is 1.90. The molecule has 0 radical (unpaired) electrons. The number of hydrogen-bond acceptors (Lipinski definition) is 12. The van der Waals surface area contributed by atoms with E-state index in [4.69, 9.17) is 24.2 Å². The van der Waals surface area contributed by atoms with Gasteiger partial charge in [0, 0.05) is 75.7 Å². The minimum atomic E-state index is -0.555. The van der Waals surface area contributed by atoms with Crippen molar-refractivity contribution in [2.24, 2.45) is 5.92 Å². The Morgan fingerprint density at radius 2 is 1.88 bits per heavy atom. The van der Waals surface area contributed by atoms with Gasteiger partial charge in [0.25, 0.3) is 0 Å². The van der Waals surface area contributed by atoms with Crippen molar-refractivity contribution in [3.05, 3.63) is 59.7 Å². The van der Waals surface area contributed by atoms with Crippen LogP contribution in [0.25, 0.3) is 32.9 Å². The predicted octanol–water partition coefficient (Wildman–Crippen LogP) is 5.96. The Balaban J connectivity index is 0.873. The van der Waals surface area contributed by atoms with Crippen molar-refractivity contribution >= 4 is 39.2 Å². The zero-order chi connectivity index (χ0) is 39.9. The summed E-state index contributed by atoms with van der Waals surface area (Å²) in [5, 5.41) is 20.9. The molecular weight excluding hydrogens is 738 g/mol. The topological polar surface area (TPSA) is 136 Å². The standard InChI is InChI=1S/C44H54FN9O4/c1-4-29-8-5-9-30-19-33(55)20-35(39(29)30)41-40(45)42-36(23-46-41)43(53-25-31-10-11-32(26-53)47-31)49-44(48-42)57-18-17-52-15-12-28(13-16-52)24-51(3)37-21-34(58-50-37)22-38(56)54-14-6-7-27(54)2/h5,8-9,19-21,23,27-28,31-32,47,55H,4,6-7,10-18,22,24-26H2,1-3H3. The van der Waals surface area contributed by atoms with Crippen LogP contribution in [0, 0.1) is 11.7 Å². The van der Waals surface area contributed by atoms with E-state index in [-0.39, 0.29) is 41.3 Å². The number of aromatic hydroxyl groups is 1. The largest absolute Gasteiger partial charge is 0.508 e. The summed E-state index contributed by atoms with van der Waals surface area (Å²) in [6.07, 6.45) is 9.06. The number of nitrogens with zero attached hydrogens (tertiary/aromatic N) is 8. The molecule has 1 amide bonds. The molecule has 4 fully saturated rings. The normalized spacial score (nSPS) is 21.4. The lowest BCUT2D eigenvalue weighted by Crippen LogP contribution is -2.51. The quantitative estimate of drug-likeness (QED) is 0.154. The first-order valence-corrected chi connectivity index (χ1v) is 21.1. The molecule has 13 nitrogen and oxygen atoms in total. The number of carbonyl (C=O) groups is 1. The number of piperidine rings is 1. The molecule has 2 N–H and O–H groups in total. The highest BCUT2D eigenvalue weighted by Crippen LogP contribution is 2.39. The molecule has 9 rings (SSSR count). The number of likely N-dealkylation sites (tertiary alicyclic amines) is 2. The number of pyridine rings is 1. The number of ether oxygens (including phenoxy) is 1. The van der Waals surface area contributed by atoms with Gasteiger partial charge in [-0.25, -0.2) is 4.39 Å². The van der Waals surface area contributed by atoms with E-state index in [1.54, 1.807) is 18.3 Å². The minimum Gasteiger partial charge on any atom is -0.508 e. The Morgan fingerprint density at radius 3 is 2.64 bits per heavy atom. The molecule has 14 heteroatoms. The zero-order valence-electron chi connectivity index (χ0n) is 33.8. The average molecular weight is 792 g/mol. The monoisotopic (exact) mass is 791 g/mol. The molecule has 4 saturated heterocycles. The molecule has 4 aliphatic rings. The van der Waals surface area contributed by atoms with E-state index < -0.39 is 5.82 Å². The van der Waals surface area contributed by atoms with Crippen molar-refractivity contribution < 1.29 is 23.6 Å². The van der Waals surface area contributed by atoms with Gasteiger partial charge >= 0.3 is 6.01 Å². The van der Waals surface area contributed by atoms with Crippen LogP contribution in [0.3, 0.4) is 0 Å². The Hall–Kier alpha value is -5.08. The van der Waals surface area contributed by atoms with Gasteiger partial charge in [0.1, 0.15) is 35.1 Å². The van der Waals surface area contributed by atoms with Gasteiger partial charge in [-0.2, -0.15) is 9.97 Å². The second kappa shape index (κ2) is 16.3. The van der Waals surface area contributed by atoms with Crippen LogP contribution in [0.4, 0.5) is 16.0 Å². The summed E-state index contributed by atoms with van der Waals surface area (Å²) in [4.78, 5) is 35.8. The number of aryl methyl sites for hydroxylation is 1. The third-order valence-corrected chi connectivity index (χ3v) is 12.9. The molecule has 306 valence electrons. The number of phenols is 1. The summed E-state index contributed by atoms with van der Waals surface area (Å²) < 4.78 is 28.8. The molecule has 0 aliphatic carbocycles. The Labute approximate surface area is 338 Å². The summed E-state index contributed by atoms with van der Waals surface area (Å²) in [6, 6.07) is 12.3. The molecule has 3 aromatic heterocycles. The molecule has 2 bridgehead atoms. The van der Waals surface area contributed by atoms with Crippen molar-refractivity contribution in [2.45, 2.75) is 83.3 Å². The number of benzene rings is 2. The number of aromatic nitrogens is 4. The molecule has 2 aromatic carbocycles. The fourth-order valence-electron chi connectivity index (χ4n) is 9.72. The van der Waals surface area contributed by atoms with Gasteiger partial charge in [-0.15, -0.1) is 0 Å². The first-order chi connectivity index (χ1) is 28.2. The number of halogens is 1. The van der Waals surface area contributed by atoms with Crippen LogP contribution in [0.5, 0.6) is 11.8 Å². The van der Waals surface area contributed by atoms with Crippen LogP contribution < -0.4 is 19.9 Å². The minimum absolute atomic E-state index is 0.0532. The van der Waals surface area contributed by atoms with Gasteiger partial charge in [-0.1, -0.05) is 30.3 Å². The third kappa shape index (κ3) is 7.75. The maximum atomic E-state index is 17.0. The summed E-state index contributed by atoms with van der Waals surface area (Å²) in [5.74, 6) is 2.11. The van der Waals surface area contributed by atoms with Crippen molar-refractivity contribution in [2.75, 3.05) is 69.3 Å². The molecular formula is C44H54FN9O4. The summed E-state index contributed by atoms with van der Waals surface area (Å²) in [7, 11) is 2.03. The Kier molecular flexibility index (Phi) is 10.8. The summed E-state index contributed by atoms with van der Waals surface area (Å²) in [6.45, 7) is 10.3. The van der Waals surface area contributed by atoms with Gasteiger partial charge in [-0.05, 0) is 99.3 Å². The molecule has 0 spiro atoms. The third-order valence-electron chi connectivity index (χ3n) is 12.9. The molecule has 3 unspecified atom stereocenters. The molecule has 3 atom stereocenters. The van der Waals surface area contributed by atoms with E-state index in [1.807, 2.05) is 36.2 Å². The first-order valence-electron chi connectivity index (χ1n) is 21.1. The lowest BCUT2D eigenvalue weighted by Gasteiger charge is -2.34. The molecule has 0 saturated carbocycles. The maximum Gasteiger partial charge on any atom is 0.319 e. The number of hydrogen-bond donors (Lipinski definition) is 2. The number of anilines is 2. The van der Waals surface area contributed by atoms with Crippen LogP contribution >= 0.6 is 0 Å². The van der Waals surface area contributed by atoms with Crippen molar-refractivity contribution in [1.29, 1.82) is 0 Å². The van der Waals surface area contributed by atoms with Crippen LogP contribution in [-0.4, -0.2) is 119 Å². The number of phenolic OH excluding ortho intramolecular Hbond substituents is 1. The van der Waals surface area contributed by atoms with E-state index in [9.17, 15) is 9.90 Å².